The number of hydrogen-bond donors (Lipinski definition) is 1. The molecular formula is C16H25N3O. The van der Waals surface area contributed by atoms with Gasteiger partial charge in [-0.05, 0) is 58.5 Å². The molecule has 0 radical (unpaired) electrons. The maximum Gasteiger partial charge on any atom is 0.186 e. The first-order valence-electron chi connectivity index (χ1n) is 7.67. The highest BCUT2D eigenvalue weighted by Crippen LogP contribution is 2.45. The lowest BCUT2D eigenvalue weighted by molar-refractivity contribution is 0.0623. The lowest BCUT2D eigenvalue weighted by Gasteiger charge is -2.44. The molecule has 4 nitrogen and oxygen atoms in total. The average Bonchev–Trinajstić information content (AvgIpc) is 2.81. The summed E-state index contributed by atoms with van der Waals surface area (Å²) in [6.45, 7) is 10.5. The zero-order chi connectivity index (χ0) is 14.5. The normalized spacial score (nSPS) is 25.8. The Morgan fingerprint density at radius 2 is 2.00 bits per heavy atom. The van der Waals surface area contributed by atoms with E-state index in [2.05, 4.69) is 44.3 Å². The molecule has 0 aromatic carbocycles. The molecule has 0 saturated carbocycles. The van der Waals surface area contributed by atoms with Crippen LogP contribution >= 0.6 is 0 Å². The van der Waals surface area contributed by atoms with E-state index in [9.17, 15) is 4.79 Å². The number of Topliss-reactive ketones (excluding diaryl/α,β-unsaturated/α-hetero) is 1. The monoisotopic (exact) mass is 275 g/mol. The van der Waals surface area contributed by atoms with Crippen LogP contribution in [-0.2, 0) is 12.0 Å². The van der Waals surface area contributed by atoms with Crippen molar-refractivity contribution in [2.24, 2.45) is 11.3 Å². The highest BCUT2D eigenvalue weighted by molar-refractivity contribution is 5.98. The molecule has 0 amide bonds. The van der Waals surface area contributed by atoms with Gasteiger partial charge in [0.15, 0.2) is 5.78 Å². The van der Waals surface area contributed by atoms with Crippen molar-refractivity contribution in [2.45, 2.75) is 52.5 Å². The van der Waals surface area contributed by atoms with Gasteiger partial charge in [0.25, 0.3) is 0 Å². The lowest BCUT2D eigenvalue weighted by Crippen LogP contribution is -2.47. The Bertz CT molecular complexity index is 532. The Labute approximate surface area is 120 Å². The maximum atomic E-state index is 12.7. The molecule has 1 saturated heterocycles. The van der Waals surface area contributed by atoms with Gasteiger partial charge in [-0.1, -0.05) is 6.92 Å². The van der Waals surface area contributed by atoms with Gasteiger partial charge < -0.3 is 5.32 Å². The summed E-state index contributed by atoms with van der Waals surface area (Å²) >= 11 is 0. The summed E-state index contributed by atoms with van der Waals surface area (Å²) in [5, 5.41) is 8.00. The number of nitrogens with one attached hydrogen (secondary N) is 1. The third-order valence-electron chi connectivity index (χ3n) is 5.16. The Morgan fingerprint density at radius 1 is 1.35 bits per heavy atom. The van der Waals surface area contributed by atoms with Crippen molar-refractivity contribution in [2.75, 3.05) is 13.1 Å². The molecule has 20 heavy (non-hydrogen) atoms. The van der Waals surface area contributed by atoms with Gasteiger partial charge in [-0.2, -0.15) is 5.10 Å². The van der Waals surface area contributed by atoms with Crippen molar-refractivity contribution >= 4 is 5.78 Å². The summed E-state index contributed by atoms with van der Waals surface area (Å²) in [4.78, 5) is 12.7. The van der Waals surface area contributed by atoms with E-state index in [-0.39, 0.29) is 22.7 Å². The Morgan fingerprint density at radius 3 is 2.60 bits per heavy atom. The van der Waals surface area contributed by atoms with E-state index in [0.717, 1.165) is 43.6 Å². The van der Waals surface area contributed by atoms with Gasteiger partial charge in [0.2, 0.25) is 0 Å². The zero-order valence-electron chi connectivity index (χ0n) is 13.0. The largest absolute Gasteiger partial charge is 0.317 e. The molecule has 1 aromatic heterocycles. The van der Waals surface area contributed by atoms with Crippen LogP contribution in [-0.4, -0.2) is 28.7 Å². The van der Waals surface area contributed by atoms with Crippen LogP contribution in [0.4, 0.5) is 0 Å². The summed E-state index contributed by atoms with van der Waals surface area (Å²) in [6, 6.07) is 0. The molecule has 1 atom stereocenters. The second-order valence-corrected chi connectivity index (χ2v) is 7.49. The predicted octanol–water partition coefficient (Wildman–Crippen LogP) is 2.38. The minimum atomic E-state index is -0.0673. The summed E-state index contributed by atoms with van der Waals surface area (Å²) in [7, 11) is 0. The standard InChI is InChI=1S/C16H25N3O/c1-11-14(20)13-12(10-19(18-13)15(2,3)4)9-16(11)5-7-17-8-6-16/h10-11,17H,5-9H2,1-4H3. The van der Waals surface area contributed by atoms with Gasteiger partial charge in [-0.3, -0.25) is 9.48 Å². The van der Waals surface area contributed by atoms with Crippen molar-refractivity contribution in [1.29, 1.82) is 0 Å². The fraction of sp³-hybridized carbons (Fsp3) is 0.750. The zero-order valence-corrected chi connectivity index (χ0v) is 13.0. The first kappa shape index (κ1) is 13.8. The fourth-order valence-electron chi connectivity index (χ4n) is 3.64. The van der Waals surface area contributed by atoms with Crippen molar-refractivity contribution in [3.05, 3.63) is 17.5 Å². The van der Waals surface area contributed by atoms with Gasteiger partial charge in [0.1, 0.15) is 5.69 Å². The first-order chi connectivity index (χ1) is 9.33. The van der Waals surface area contributed by atoms with Crippen LogP contribution in [0, 0.1) is 11.3 Å². The van der Waals surface area contributed by atoms with E-state index in [1.165, 1.54) is 0 Å². The molecule has 1 unspecified atom stereocenters. The van der Waals surface area contributed by atoms with Crippen molar-refractivity contribution in [1.82, 2.24) is 15.1 Å². The average molecular weight is 275 g/mol. The predicted molar refractivity (Wildman–Crippen MR) is 79.0 cm³/mol. The van der Waals surface area contributed by atoms with Crippen molar-refractivity contribution in [3.8, 4) is 0 Å². The van der Waals surface area contributed by atoms with Crippen LogP contribution in [0.3, 0.4) is 0 Å². The van der Waals surface area contributed by atoms with E-state index >= 15 is 0 Å². The van der Waals surface area contributed by atoms with Crippen LogP contribution in [0.1, 0.15) is 56.6 Å². The molecular weight excluding hydrogens is 250 g/mol. The van der Waals surface area contributed by atoms with Gasteiger partial charge in [-0.25, -0.2) is 0 Å². The minimum absolute atomic E-state index is 0.0673. The molecule has 1 fully saturated rings. The number of piperidine rings is 1. The Kier molecular flexibility index (Phi) is 3.05. The van der Waals surface area contributed by atoms with E-state index < -0.39 is 0 Å². The molecule has 3 rings (SSSR count). The van der Waals surface area contributed by atoms with Crippen LogP contribution in [0.5, 0.6) is 0 Å². The number of rotatable bonds is 0. The number of carbonyl (C=O) groups excluding carboxylic acids is 1. The highest BCUT2D eigenvalue weighted by atomic mass is 16.1. The van der Waals surface area contributed by atoms with Crippen LogP contribution < -0.4 is 5.32 Å². The quantitative estimate of drug-likeness (QED) is 0.791. The van der Waals surface area contributed by atoms with E-state index in [0.29, 0.717) is 0 Å². The number of ketones is 1. The smallest absolute Gasteiger partial charge is 0.186 e. The van der Waals surface area contributed by atoms with E-state index in [4.69, 9.17) is 0 Å². The molecule has 1 aliphatic carbocycles. The maximum absolute atomic E-state index is 12.7. The highest BCUT2D eigenvalue weighted by Gasteiger charge is 2.46. The van der Waals surface area contributed by atoms with E-state index in [1.807, 2.05) is 4.68 Å². The molecule has 1 N–H and O–H groups in total. The van der Waals surface area contributed by atoms with Gasteiger partial charge in [0, 0.05) is 17.7 Å². The molecule has 1 spiro atoms. The molecule has 4 heteroatoms. The summed E-state index contributed by atoms with van der Waals surface area (Å²) in [5.74, 6) is 0.344. The fourth-order valence-corrected chi connectivity index (χ4v) is 3.64. The number of aromatic nitrogens is 2. The van der Waals surface area contributed by atoms with Crippen molar-refractivity contribution < 1.29 is 4.79 Å². The van der Waals surface area contributed by atoms with E-state index in [1.54, 1.807) is 0 Å². The molecule has 2 heterocycles. The van der Waals surface area contributed by atoms with Gasteiger partial charge in [-0.15, -0.1) is 0 Å². The van der Waals surface area contributed by atoms with Crippen LogP contribution in [0.25, 0.3) is 0 Å². The Balaban J connectivity index is 2.01. The number of carbonyl (C=O) groups is 1. The molecule has 0 bridgehead atoms. The summed E-state index contributed by atoms with van der Waals surface area (Å²) in [6.07, 6.45) is 5.30. The van der Waals surface area contributed by atoms with Gasteiger partial charge in [0.05, 0.1) is 5.54 Å². The second-order valence-electron chi connectivity index (χ2n) is 7.49. The van der Waals surface area contributed by atoms with Crippen LogP contribution in [0.2, 0.25) is 0 Å². The first-order valence-corrected chi connectivity index (χ1v) is 7.67. The minimum Gasteiger partial charge on any atom is -0.317 e. The third kappa shape index (κ3) is 2.01. The molecule has 1 aliphatic heterocycles. The SMILES string of the molecule is CC1C(=O)c2nn(C(C)(C)C)cc2CC12CCNCC2. The topological polar surface area (TPSA) is 46.9 Å². The van der Waals surface area contributed by atoms with Gasteiger partial charge >= 0.3 is 0 Å². The van der Waals surface area contributed by atoms with Crippen molar-refractivity contribution in [3.63, 3.8) is 0 Å². The lowest BCUT2D eigenvalue weighted by atomic mass is 9.61. The number of fused-ring (bicyclic) bond motifs is 1. The second kappa shape index (κ2) is 4.42. The Hall–Kier alpha value is -1.16. The third-order valence-corrected chi connectivity index (χ3v) is 5.16. The summed E-state index contributed by atoms with van der Waals surface area (Å²) in [5.41, 5.74) is 1.96. The summed E-state index contributed by atoms with van der Waals surface area (Å²) < 4.78 is 1.96. The number of nitrogens with zero attached hydrogens (tertiary/aromatic N) is 2. The molecule has 2 aliphatic rings. The molecule has 110 valence electrons. The molecule has 1 aromatic rings. The van der Waals surface area contributed by atoms with Crippen LogP contribution in [0.15, 0.2) is 6.20 Å². The number of hydrogen-bond acceptors (Lipinski definition) is 3.